The largest absolute Gasteiger partial charge is 0.280 e. The molecule has 32 heavy (non-hydrogen) atoms. The quantitative estimate of drug-likeness (QED) is 0.397. The molecule has 0 N–H and O–H groups in total. The van der Waals surface area contributed by atoms with Crippen molar-refractivity contribution in [2.75, 3.05) is 10.7 Å². The van der Waals surface area contributed by atoms with Crippen molar-refractivity contribution in [1.82, 2.24) is 14.8 Å². The van der Waals surface area contributed by atoms with Crippen LogP contribution >= 0.6 is 11.8 Å². The molecule has 2 heterocycles. The third-order valence-corrected chi connectivity index (χ3v) is 6.76. The lowest BCUT2D eigenvalue weighted by atomic mass is 10.0. The molecule has 0 fully saturated rings. The van der Waals surface area contributed by atoms with Gasteiger partial charge in [-0.2, -0.15) is 0 Å². The van der Waals surface area contributed by atoms with Crippen molar-refractivity contribution in [2.24, 2.45) is 0 Å². The van der Waals surface area contributed by atoms with E-state index >= 15 is 0 Å². The minimum absolute atomic E-state index is 0.0342. The van der Waals surface area contributed by atoms with Gasteiger partial charge >= 0.3 is 0 Å². The van der Waals surface area contributed by atoms with Gasteiger partial charge in [-0.15, -0.1) is 10.2 Å². The van der Waals surface area contributed by atoms with Gasteiger partial charge in [0.2, 0.25) is 5.91 Å². The zero-order valence-electron chi connectivity index (χ0n) is 18.2. The van der Waals surface area contributed by atoms with Crippen LogP contribution in [0.25, 0.3) is 5.69 Å². The molecule has 6 heteroatoms. The lowest BCUT2D eigenvalue weighted by Crippen LogP contribution is -2.28. The van der Waals surface area contributed by atoms with Crippen LogP contribution in [0, 0.1) is 13.8 Å². The van der Waals surface area contributed by atoms with E-state index in [4.69, 9.17) is 0 Å². The Balaban J connectivity index is 1.44. The van der Waals surface area contributed by atoms with Gasteiger partial charge in [0.25, 0.3) is 0 Å². The first-order valence-corrected chi connectivity index (χ1v) is 11.7. The molecule has 3 aromatic carbocycles. The minimum Gasteiger partial charge on any atom is -0.280 e. The lowest BCUT2D eigenvalue weighted by molar-refractivity contribution is -0.115. The Bertz CT molecular complexity index is 1250. The third-order valence-electron chi connectivity index (χ3n) is 5.83. The minimum atomic E-state index is 0.0342. The van der Waals surface area contributed by atoms with E-state index in [-0.39, 0.29) is 11.7 Å². The number of benzene rings is 3. The Morgan fingerprint density at radius 1 is 0.906 bits per heavy atom. The zero-order chi connectivity index (χ0) is 22.1. The summed E-state index contributed by atoms with van der Waals surface area (Å²) in [5.41, 5.74) is 7.72. The maximum Gasteiger partial charge on any atom is 0.242 e. The molecule has 1 aromatic heterocycles. The highest BCUT2D eigenvalue weighted by Gasteiger charge is 2.26. The molecule has 0 radical (unpaired) electrons. The maximum atomic E-state index is 13.6. The van der Waals surface area contributed by atoms with Crippen molar-refractivity contribution >= 4 is 29.0 Å². The molecule has 0 spiro atoms. The summed E-state index contributed by atoms with van der Waals surface area (Å²) in [5.74, 6) is 0.304. The molecular weight excluding hydrogens is 416 g/mol. The van der Waals surface area contributed by atoms with E-state index in [0.717, 1.165) is 35.5 Å². The van der Waals surface area contributed by atoms with Crippen molar-refractivity contribution in [3.05, 3.63) is 95.3 Å². The van der Waals surface area contributed by atoms with Crippen LogP contribution in [0.2, 0.25) is 0 Å². The smallest absolute Gasteiger partial charge is 0.242 e. The van der Waals surface area contributed by atoms with Gasteiger partial charge in [0.05, 0.1) is 22.8 Å². The number of nitrogens with zero attached hydrogens (tertiary/aromatic N) is 4. The molecule has 1 aliphatic rings. The van der Waals surface area contributed by atoms with E-state index in [1.54, 1.807) is 6.33 Å². The van der Waals surface area contributed by atoms with Gasteiger partial charge in [-0.25, -0.2) is 0 Å². The van der Waals surface area contributed by atoms with E-state index in [1.807, 2.05) is 45.9 Å². The standard InChI is InChI=1S/C26H24N4OS/c1-18-11-14-22(19(2)15-18)29-17-27-28-26(29)32-16-25(31)30-23-9-5-3-7-20(23)12-13-21-8-4-6-10-24(21)30/h3-11,14-15,17H,12-13,16H2,1-2H3. The van der Waals surface area contributed by atoms with Crippen molar-refractivity contribution < 1.29 is 4.79 Å². The number of hydrogen-bond acceptors (Lipinski definition) is 4. The fraction of sp³-hybridized carbons (Fsp3) is 0.192. The number of aryl methyl sites for hydroxylation is 4. The van der Waals surface area contributed by atoms with E-state index in [0.29, 0.717) is 5.16 Å². The van der Waals surface area contributed by atoms with Crippen LogP contribution in [0.1, 0.15) is 22.3 Å². The molecule has 160 valence electrons. The fourth-order valence-corrected chi connectivity index (χ4v) is 5.07. The van der Waals surface area contributed by atoms with Crippen LogP contribution < -0.4 is 4.90 Å². The second-order valence-electron chi connectivity index (χ2n) is 8.05. The number of carbonyl (C=O) groups excluding carboxylic acids is 1. The van der Waals surface area contributed by atoms with Crippen molar-refractivity contribution in [3.8, 4) is 5.69 Å². The van der Waals surface area contributed by atoms with E-state index in [2.05, 4.69) is 54.4 Å². The summed E-state index contributed by atoms with van der Waals surface area (Å²) in [4.78, 5) is 15.5. The zero-order valence-corrected chi connectivity index (χ0v) is 19.0. The highest BCUT2D eigenvalue weighted by atomic mass is 32.2. The summed E-state index contributed by atoms with van der Waals surface area (Å²) >= 11 is 1.42. The monoisotopic (exact) mass is 440 g/mol. The second kappa shape index (κ2) is 8.63. The molecule has 4 aromatic rings. The molecule has 0 bridgehead atoms. The molecule has 5 rings (SSSR count). The summed E-state index contributed by atoms with van der Waals surface area (Å²) in [6.45, 7) is 4.15. The number of aromatic nitrogens is 3. The first-order valence-electron chi connectivity index (χ1n) is 10.7. The van der Waals surface area contributed by atoms with Crippen LogP contribution in [0.3, 0.4) is 0 Å². The number of thioether (sulfide) groups is 1. The SMILES string of the molecule is Cc1ccc(-n2cnnc2SCC(=O)N2c3ccccc3CCc3ccccc32)c(C)c1. The molecule has 0 aliphatic carbocycles. The highest BCUT2D eigenvalue weighted by Crippen LogP contribution is 2.36. The number of hydrogen-bond donors (Lipinski definition) is 0. The number of para-hydroxylation sites is 2. The van der Waals surface area contributed by atoms with Gasteiger partial charge < -0.3 is 0 Å². The molecule has 1 amide bonds. The highest BCUT2D eigenvalue weighted by molar-refractivity contribution is 7.99. The van der Waals surface area contributed by atoms with Gasteiger partial charge in [-0.1, -0.05) is 65.9 Å². The Morgan fingerprint density at radius 3 is 2.22 bits per heavy atom. The Kier molecular flexibility index (Phi) is 5.53. The first kappa shape index (κ1) is 20.5. The molecule has 0 saturated carbocycles. The Morgan fingerprint density at radius 2 is 1.56 bits per heavy atom. The van der Waals surface area contributed by atoms with Crippen LogP contribution in [-0.2, 0) is 17.6 Å². The maximum absolute atomic E-state index is 13.6. The average molecular weight is 441 g/mol. The molecular formula is C26H24N4OS. The van der Waals surface area contributed by atoms with E-state index < -0.39 is 0 Å². The summed E-state index contributed by atoms with van der Waals surface area (Å²) in [6.07, 6.45) is 3.55. The molecule has 1 aliphatic heterocycles. The number of rotatable bonds is 4. The van der Waals surface area contributed by atoms with Gasteiger partial charge in [0, 0.05) is 0 Å². The molecule has 0 saturated heterocycles. The molecule has 0 atom stereocenters. The normalized spacial score (nSPS) is 12.8. The van der Waals surface area contributed by atoms with Gasteiger partial charge in [-0.3, -0.25) is 14.3 Å². The summed E-state index contributed by atoms with van der Waals surface area (Å²) in [6, 6.07) is 22.7. The first-order chi connectivity index (χ1) is 15.6. The van der Waals surface area contributed by atoms with E-state index in [9.17, 15) is 4.79 Å². The summed E-state index contributed by atoms with van der Waals surface area (Å²) in [5, 5.41) is 9.10. The van der Waals surface area contributed by atoms with Gasteiger partial charge in [0.15, 0.2) is 5.16 Å². The lowest BCUT2D eigenvalue weighted by Gasteiger charge is -2.25. The van der Waals surface area contributed by atoms with Crippen molar-refractivity contribution in [3.63, 3.8) is 0 Å². The number of anilines is 2. The second-order valence-corrected chi connectivity index (χ2v) is 8.99. The number of carbonyl (C=O) groups is 1. The van der Waals surface area contributed by atoms with Crippen LogP contribution in [0.4, 0.5) is 11.4 Å². The van der Waals surface area contributed by atoms with E-state index in [1.165, 1.54) is 28.5 Å². The Labute approximate surface area is 192 Å². The van der Waals surface area contributed by atoms with Crippen LogP contribution in [-0.4, -0.2) is 26.4 Å². The summed E-state index contributed by atoms with van der Waals surface area (Å²) < 4.78 is 1.96. The van der Waals surface area contributed by atoms with Gasteiger partial charge in [0.1, 0.15) is 6.33 Å². The van der Waals surface area contributed by atoms with Crippen molar-refractivity contribution in [1.29, 1.82) is 0 Å². The van der Waals surface area contributed by atoms with Crippen LogP contribution in [0.5, 0.6) is 0 Å². The average Bonchev–Trinajstić information content (AvgIpc) is 3.19. The van der Waals surface area contributed by atoms with Crippen molar-refractivity contribution in [2.45, 2.75) is 31.8 Å². The molecule has 0 unspecified atom stereocenters. The predicted molar refractivity (Wildman–Crippen MR) is 129 cm³/mol. The third kappa shape index (κ3) is 3.82. The Hall–Kier alpha value is -3.38. The number of amides is 1. The van der Waals surface area contributed by atoms with Gasteiger partial charge in [-0.05, 0) is 61.6 Å². The summed E-state index contributed by atoms with van der Waals surface area (Å²) in [7, 11) is 0. The number of fused-ring (bicyclic) bond motifs is 2. The van der Waals surface area contributed by atoms with Crippen LogP contribution in [0.15, 0.2) is 78.2 Å². The fourth-order valence-electron chi connectivity index (χ4n) is 4.30. The topological polar surface area (TPSA) is 51.0 Å². The molecule has 5 nitrogen and oxygen atoms in total. The predicted octanol–water partition coefficient (Wildman–Crippen LogP) is 5.44.